The predicted molar refractivity (Wildman–Crippen MR) is 69.9 cm³/mol. The first kappa shape index (κ1) is 14.2. The summed E-state index contributed by atoms with van der Waals surface area (Å²) in [5.74, 6) is 0.0654. The van der Waals surface area contributed by atoms with Crippen LogP contribution in [0.1, 0.15) is 0 Å². The van der Waals surface area contributed by atoms with E-state index in [2.05, 4.69) is 13.2 Å². The molecule has 0 aromatic carbocycles. The van der Waals surface area contributed by atoms with Gasteiger partial charge in [-0.2, -0.15) is 0 Å². The van der Waals surface area contributed by atoms with Gasteiger partial charge in [0.05, 0.1) is 4.58 Å². The van der Waals surface area contributed by atoms with Crippen molar-refractivity contribution in [3.05, 3.63) is 25.3 Å². The Bertz CT molecular complexity index is 287. The summed E-state index contributed by atoms with van der Waals surface area (Å²) >= 11 is 3.35. The summed E-state index contributed by atoms with van der Waals surface area (Å²) in [7, 11) is 0. The molecule has 4 nitrogen and oxygen atoms in total. The van der Waals surface area contributed by atoms with Gasteiger partial charge in [-0.3, -0.25) is 0 Å². The molecule has 1 aliphatic rings. The monoisotopic (exact) mass is 274 g/mol. The number of carbonyl (C=O) groups excluding carboxylic acids is 2. The molecule has 0 amide bonds. The van der Waals surface area contributed by atoms with Gasteiger partial charge in [0.25, 0.3) is 0 Å². The van der Waals surface area contributed by atoms with Crippen molar-refractivity contribution >= 4 is 35.5 Å². The second-order valence-electron chi connectivity index (χ2n) is 3.19. The molecule has 0 aliphatic carbocycles. The summed E-state index contributed by atoms with van der Waals surface area (Å²) < 4.78 is 10.1. The Kier molecular flexibility index (Phi) is 6.21. The summed E-state index contributed by atoms with van der Waals surface area (Å²) in [4.78, 5) is 21.7. The van der Waals surface area contributed by atoms with Gasteiger partial charge in [-0.05, 0) is 0 Å². The third-order valence-corrected chi connectivity index (χ3v) is 5.10. The van der Waals surface area contributed by atoms with Crippen molar-refractivity contribution in [2.24, 2.45) is 0 Å². The van der Waals surface area contributed by atoms with E-state index in [1.807, 2.05) is 0 Å². The molecule has 1 heterocycles. The van der Waals surface area contributed by atoms with Crippen LogP contribution in [0.15, 0.2) is 25.3 Å². The van der Waals surface area contributed by atoms with Crippen LogP contribution in [0.25, 0.3) is 0 Å². The lowest BCUT2D eigenvalue weighted by Crippen LogP contribution is -2.15. The normalized spacial score (nSPS) is 22.8. The van der Waals surface area contributed by atoms with E-state index in [1.165, 1.54) is 0 Å². The molecule has 2 atom stereocenters. The number of thioether (sulfide) groups is 2. The van der Waals surface area contributed by atoms with E-state index in [0.29, 0.717) is 13.2 Å². The molecule has 6 heteroatoms. The summed E-state index contributed by atoms with van der Waals surface area (Å²) in [5, 5.41) is 0.247. The summed E-state index contributed by atoms with van der Waals surface area (Å²) in [5.41, 5.74) is 0. The molecule has 1 rings (SSSR count). The van der Waals surface area contributed by atoms with Gasteiger partial charge >= 0.3 is 11.9 Å². The molecule has 1 saturated heterocycles. The number of esters is 2. The van der Waals surface area contributed by atoms with E-state index in [1.54, 1.807) is 23.5 Å². The fraction of sp³-hybridized carbons (Fsp3) is 0.455. The average Bonchev–Trinajstić information content (AvgIpc) is 2.80. The van der Waals surface area contributed by atoms with Crippen LogP contribution in [0.4, 0.5) is 0 Å². The van der Waals surface area contributed by atoms with Crippen LogP contribution in [0.3, 0.4) is 0 Å². The molecular weight excluding hydrogens is 260 g/mol. The molecule has 17 heavy (non-hydrogen) atoms. The lowest BCUT2D eigenvalue weighted by Gasteiger charge is -2.10. The SMILES string of the molecule is C=CC(=O)OCC1SC[C@H](COC(=O)C=C)S1. The Morgan fingerprint density at radius 1 is 1.18 bits per heavy atom. The van der Waals surface area contributed by atoms with Gasteiger partial charge in [-0.25, -0.2) is 9.59 Å². The fourth-order valence-electron chi connectivity index (χ4n) is 1.13. The fourth-order valence-corrected chi connectivity index (χ4v) is 4.11. The van der Waals surface area contributed by atoms with Crippen molar-refractivity contribution in [3.63, 3.8) is 0 Å². The third-order valence-electron chi connectivity index (χ3n) is 1.92. The lowest BCUT2D eigenvalue weighted by atomic mass is 10.5. The quantitative estimate of drug-likeness (QED) is 0.542. The van der Waals surface area contributed by atoms with Crippen LogP contribution < -0.4 is 0 Å². The highest BCUT2D eigenvalue weighted by molar-refractivity contribution is 8.20. The highest BCUT2D eigenvalue weighted by Crippen LogP contribution is 2.38. The predicted octanol–water partition coefficient (Wildman–Crippen LogP) is 1.62. The van der Waals surface area contributed by atoms with Gasteiger partial charge in [0, 0.05) is 23.2 Å². The first-order chi connectivity index (χ1) is 8.15. The van der Waals surface area contributed by atoms with E-state index >= 15 is 0 Å². The van der Waals surface area contributed by atoms with Gasteiger partial charge in [-0.1, -0.05) is 13.2 Å². The van der Waals surface area contributed by atoms with Crippen LogP contribution >= 0.6 is 23.5 Å². The highest BCUT2D eigenvalue weighted by Gasteiger charge is 2.27. The van der Waals surface area contributed by atoms with Crippen molar-refractivity contribution in [1.82, 2.24) is 0 Å². The Hall–Kier alpha value is -0.880. The minimum absolute atomic E-state index is 0.200. The largest absolute Gasteiger partial charge is 0.461 e. The highest BCUT2D eigenvalue weighted by atomic mass is 32.2. The Balaban J connectivity index is 2.18. The Morgan fingerprint density at radius 2 is 1.76 bits per heavy atom. The second kappa shape index (κ2) is 7.45. The standard InChI is InChI=1S/C11H14O4S2/c1-3-9(12)14-5-8-7-16-11(17-8)6-15-10(13)4-2/h3-4,8,11H,1-2,5-7H2/t8-,11?/m0/s1. The molecule has 0 saturated carbocycles. The van der Waals surface area contributed by atoms with Crippen LogP contribution in [-0.4, -0.2) is 40.7 Å². The molecule has 0 spiro atoms. The smallest absolute Gasteiger partial charge is 0.330 e. The van der Waals surface area contributed by atoms with E-state index in [4.69, 9.17) is 9.47 Å². The van der Waals surface area contributed by atoms with Crippen molar-refractivity contribution in [1.29, 1.82) is 0 Å². The van der Waals surface area contributed by atoms with Gasteiger partial charge < -0.3 is 9.47 Å². The number of carbonyl (C=O) groups is 2. The van der Waals surface area contributed by atoms with Crippen LogP contribution in [0.2, 0.25) is 0 Å². The van der Waals surface area contributed by atoms with Crippen molar-refractivity contribution in [2.75, 3.05) is 19.0 Å². The summed E-state index contributed by atoms with van der Waals surface area (Å²) in [6, 6.07) is 0. The topological polar surface area (TPSA) is 52.6 Å². The van der Waals surface area contributed by atoms with Crippen LogP contribution in [-0.2, 0) is 19.1 Å². The zero-order valence-corrected chi connectivity index (χ0v) is 10.9. The van der Waals surface area contributed by atoms with Gasteiger partial charge in [-0.15, -0.1) is 23.5 Å². The summed E-state index contributed by atoms with van der Waals surface area (Å²) in [6.07, 6.45) is 2.30. The molecule has 1 aliphatic heterocycles. The minimum Gasteiger partial charge on any atom is -0.461 e. The maximum atomic E-state index is 10.9. The lowest BCUT2D eigenvalue weighted by molar-refractivity contribution is -0.138. The molecule has 0 bridgehead atoms. The van der Waals surface area contributed by atoms with Gasteiger partial charge in [0.1, 0.15) is 13.2 Å². The number of ether oxygens (including phenoxy) is 2. The molecule has 1 fully saturated rings. The molecule has 1 unspecified atom stereocenters. The van der Waals surface area contributed by atoms with Crippen molar-refractivity contribution < 1.29 is 19.1 Å². The number of rotatable bonds is 6. The van der Waals surface area contributed by atoms with Gasteiger partial charge in [0.15, 0.2) is 0 Å². The van der Waals surface area contributed by atoms with E-state index < -0.39 is 11.9 Å². The Labute approximate surface area is 109 Å². The Morgan fingerprint density at radius 3 is 2.35 bits per heavy atom. The molecule has 0 N–H and O–H groups in total. The molecule has 0 aromatic heterocycles. The van der Waals surface area contributed by atoms with Crippen LogP contribution in [0, 0.1) is 0 Å². The number of hydrogen-bond donors (Lipinski definition) is 0. The molecule has 0 aromatic rings. The van der Waals surface area contributed by atoms with E-state index in [-0.39, 0.29) is 9.83 Å². The van der Waals surface area contributed by atoms with Gasteiger partial charge in [0.2, 0.25) is 0 Å². The van der Waals surface area contributed by atoms with Crippen molar-refractivity contribution in [2.45, 2.75) is 9.83 Å². The molecular formula is C11H14O4S2. The summed E-state index contributed by atoms with van der Waals surface area (Å²) in [6.45, 7) is 7.37. The minimum atomic E-state index is -0.410. The average molecular weight is 274 g/mol. The zero-order valence-electron chi connectivity index (χ0n) is 9.29. The first-order valence-corrected chi connectivity index (χ1v) is 7.00. The van der Waals surface area contributed by atoms with E-state index in [0.717, 1.165) is 17.9 Å². The third kappa shape index (κ3) is 5.32. The van der Waals surface area contributed by atoms with E-state index in [9.17, 15) is 9.59 Å². The maximum Gasteiger partial charge on any atom is 0.330 e. The maximum absolute atomic E-state index is 10.9. The second-order valence-corrected chi connectivity index (χ2v) is 6.23. The molecule has 0 radical (unpaired) electrons. The van der Waals surface area contributed by atoms with Crippen molar-refractivity contribution in [3.8, 4) is 0 Å². The first-order valence-electron chi connectivity index (χ1n) is 5.01. The van der Waals surface area contributed by atoms with Crippen LogP contribution in [0.5, 0.6) is 0 Å². The molecule has 94 valence electrons. The number of hydrogen-bond acceptors (Lipinski definition) is 6. The zero-order chi connectivity index (χ0) is 12.7.